The van der Waals surface area contributed by atoms with E-state index in [9.17, 15) is 5.11 Å². The molecule has 0 bridgehead atoms. The topological polar surface area (TPSA) is 20.2 Å². The summed E-state index contributed by atoms with van der Waals surface area (Å²) in [6, 6.07) is 10.4. The number of hydrogen-bond acceptors (Lipinski definition) is 2. The molecule has 1 heterocycles. The molecule has 2 unspecified atom stereocenters. The molecule has 1 nitrogen and oxygen atoms in total. The highest BCUT2D eigenvalue weighted by Crippen LogP contribution is 2.37. The number of halogens is 1. The predicted molar refractivity (Wildman–Crippen MR) is 78.9 cm³/mol. The molecule has 2 aromatic rings. The summed E-state index contributed by atoms with van der Waals surface area (Å²) in [4.78, 5) is 1.35. The molecular formula is C15H15BrOS. The average molecular weight is 323 g/mol. The molecule has 3 rings (SSSR count). The van der Waals surface area contributed by atoms with Crippen molar-refractivity contribution in [3.63, 3.8) is 0 Å². The molecule has 1 aromatic carbocycles. The standard InChI is InChI=1S/C15H15BrOS/c16-12-8-13(18-9-12)7-11-6-5-10-3-1-2-4-14(10)15(11)17/h1-4,8-9,11,15,17H,5-7H2. The number of benzene rings is 1. The van der Waals surface area contributed by atoms with E-state index in [2.05, 4.69) is 45.6 Å². The highest BCUT2D eigenvalue weighted by Gasteiger charge is 2.27. The van der Waals surface area contributed by atoms with Gasteiger partial charge in [0.25, 0.3) is 0 Å². The fourth-order valence-electron chi connectivity index (χ4n) is 2.74. The summed E-state index contributed by atoms with van der Waals surface area (Å²) in [7, 11) is 0. The first-order valence-electron chi connectivity index (χ1n) is 6.23. The fourth-order valence-corrected chi connectivity index (χ4v) is 4.28. The van der Waals surface area contributed by atoms with Crippen LogP contribution in [-0.4, -0.2) is 5.11 Å². The molecule has 0 fully saturated rings. The van der Waals surface area contributed by atoms with E-state index in [0.717, 1.165) is 29.3 Å². The Labute approximate surface area is 120 Å². The Balaban J connectivity index is 1.80. The first-order valence-corrected chi connectivity index (χ1v) is 7.90. The minimum atomic E-state index is -0.309. The molecule has 94 valence electrons. The number of aryl methyl sites for hydroxylation is 1. The van der Waals surface area contributed by atoms with Crippen LogP contribution in [0.4, 0.5) is 0 Å². The van der Waals surface area contributed by atoms with Gasteiger partial charge in [-0.1, -0.05) is 24.3 Å². The Bertz CT molecular complexity index is 549. The van der Waals surface area contributed by atoms with Crippen molar-refractivity contribution in [2.45, 2.75) is 25.4 Å². The van der Waals surface area contributed by atoms with Crippen LogP contribution >= 0.6 is 27.3 Å². The molecule has 0 spiro atoms. The minimum Gasteiger partial charge on any atom is -0.388 e. The molecule has 1 aromatic heterocycles. The molecule has 0 saturated carbocycles. The number of aliphatic hydroxyl groups excluding tert-OH is 1. The molecule has 3 heteroatoms. The summed E-state index contributed by atoms with van der Waals surface area (Å²) in [5, 5.41) is 12.6. The lowest BCUT2D eigenvalue weighted by Crippen LogP contribution is -2.22. The van der Waals surface area contributed by atoms with Gasteiger partial charge in [0, 0.05) is 14.7 Å². The maximum atomic E-state index is 10.5. The van der Waals surface area contributed by atoms with Crippen molar-refractivity contribution in [3.8, 4) is 0 Å². The monoisotopic (exact) mass is 322 g/mol. The van der Waals surface area contributed by atoms with Crippen molar-refractivity contribution < 1.29 is 5.11 Å². The summed E-state index contributed by atoms with van der Waals surface area (Å²) >= 11 is 5.25. The molecule has 0 radical (unpaired) electrons. The van der Waals surface area contributed by atoms with Gasteiger partial charge in [0.15, 0.2) is 0 Å². The van der Waals surface area contributed by atoms with Gasteiger partial charge in [0.2, 0.25) is 0 Å². The Morgan fingerprint density at radius 2 is 2.17 bits per heavy atom. The normalized spacial score (nSPS) is 22.8. The lowest BCUT2D eigenvalue weighted by molar-refractivity contribution is 0.0941. The number of hydrogen-bond donors (Lipinski definition) is 1. The largest absolute Gasteiger partial charge is 0.388 e. The lowest BCUT2D eigenvalue weighted by atomic mass is 9.80. The van der Waals surface area contributed by atoms with Gasteiger partial charge in [-0.3, -0.25) is 0 Å². The third kappa shape index (κ3) is 2.40. The van der Waals surface area contributed by atoms with Gasteiger partial charge in [0.1, 0.15) is 0 Å². The summed E-state index contributed by atoms with van der Waals surface area (Å²) < 4.78 is 1.15. The predicted octanol–water partition coefficient (Wildman–Crippen LogP) is 4.35. The van der Waals surface area contributed by atoms with Gasteiger partial charge < -0.3 is 5.11 Å². The zero-order valence-corrected chi connectivity index (χ0v) is 12.4. The van der Waals surface area contributed by atoms with Gasteiger partial charge in [-0.2, -0.15) is 0 Å². The van der Waals surface area contributed by atoms with Crippen LogP contribution in [0.25, 0.3) is 0 Å². The molecule has 1 N–H and O–H groups in total. The highest BCUT2D eigenvalue weighted by molar-refractivity contribution is 9.10. The Morgan fingerprint density at radius 3 is 2.94 bits per heavy atom. The first-order chi connectivity index (χ1) is 8.74. The zero-order chi connectivity index (χ0) is 12.5. The van der Waals surface area contributed by atoms with Crippen molar-refractivity contribution in [3.05, 3.63) is 56.2 Å². The van der Waals surface area contributed by atoms with Gasteiger partial charge in [0.05, 0.1) is 6.10 Å². The molecule has 18 heavy (non-hydrogen) atoms. The van der Waals surface area contributed by atoms with Gasteiger partial charge in [-0.05, 0) is 58.3 Å². The van der Waals surface area contributed by atoms with Crippen LogP contribution in [0.5, 0.6) is 0 Å². The maximum Gasteiger partial charge on any atom is 0.0824 e. The molecule has 2 atom stereocenters. The molecule has 1 aliphatic rings. The third-order valence-electron chi connectivity index (χ3n) is 3.69. The van der Waals surface area contributed by atoms with Crippen molar-refractivity contribution in [1.29, 1.82) is 0 Å². The molecule has 0 saturated heterocycles. The van der Waals surface area contributed by atoms with E-state index in [4.69, 9.17) is 0 Å². The second kappa shape index (κ2) is 5.16. The second-order valence-electron chi connectivity index (χ2n) is 4.88. The molecule has 0 amide bonds. The SMILES string of the molecule is OC1c2ccccc2CCC1Cc1cc(Br)cs1. The van der Waals surface area contributed by atoms with E-state index < -0.39 is 0 Å². The lowest BCUT2D eigenvalue weighted by Gasteiger charge is -2.29. The highest BCUT2D eigenvalue weighted by atomic mass is 79.9. The molecular weight excluding hydrogens is 308 g/mol. The van der Waals surface area contributed by atoms with Crippen molar-refractivity contribution >= 4 is 27.3 Å². The van der Waals surface area contributed by atoms with E-state index in [0.29, 0.717) is 5.92 Å². The Hall–Kier alpha value is -0.640. The quantitative estimate of drug-likeness (QED) is 0.871. The minimum absolute atomic E-state index is 0.309. The van der Waals surface area contributed by atoms with Crippen LogP contribution in [0.3, 0.4) is 0 Å². The zero-order valence-electron chi connectivity index (χ0n) is 9.97. The van der Waals surface area contributed by atoms with Crippen molar-refractivity contribution in [1.82, 2.24) is 0 Å². The summed E-state index contributed by atoms with van der Waals surface area (Å²) in [6.07, 6.45) is 2.83. The van der Waals surface area contributed by atoms with E-state index in [1.165, 1.54) is 10.4 Å². The van der Waals surface area contributed by atoms with Crippen molar-refractivity contribution in [2.24, 2.45) is 5.92 Å². The van der Waals surface area contributed by atoms with Crippen LogP contribution in [-0.2, 0) is 12.8 Å². The van der Waals surface area contributed by atoms with E-state index in [1.54, 1.807) is 11.3 Å². The summed E-state index contributed by atoms with van der Waals surface area (Å²) in [5.41, 5.74) is 2.44. The number of thiophene rings is 1. The van der Waals surface area contributed by atoms with Crippen LogP contribution in [0.1, 0.15) is 28.5 Å². The number of aliphatic hydroxyl groups is 1. The van der Waals surface area contributed by atoms with Crippen LogP contribution in [0.2, 0.25) is 0 Å². The number of rotatable bonds is 2. The van der Waals surface area contributed by atoms with Gasteiger partial charge >= 0.3 is 0 Å². The Morgan fingerprint density at radius 1 is 1.33 bits per heavy atom. The number of fused-ring (bicyclic) bond motifs is 1. The van der Waals surface area contributed by atoms with Crippen LogP contribution in [0.15, 0.2) is 40.2 Å². The second-order valence-corrected chi connectivity index (χ2v) is 6.79. The Kier molecular flexibility index (Phi) is 3.55. The average Bonchev–Trinajstić information content (AvgIpc) is 2.79. The summed E-state index contributed by atoms with van der Waals surface area (Å²) in [5.74, 6) is 0.352. The molecule has 0 aliphatic heterocycles. The smallest absolute Gasteiger partial charge is 0.0824 e. The van der Waals surface area contributed by atoms with E-state index >= 15 is 0 Å². The van der Waals surface area contributed by atoms with Crippen molar-refractivity contribution in [2.75, 3.05) is 0 Å². The van der Waals surface area contributed by atoms with Crippen LogP contribution in [0, 0.1) is 5.92 Å². The fraction of sp³-hybridized carbons (Fsp3) is 0.333. The van der Waals surface area contributed by atoms with Gasteiger partial charge in [-0.15, -0.1) is 11.3 Å². The van der Waals surface area contributed by atoms with Gasteiger partial charge in [-0.25, -0.2) is 0 Å². The van der Waals surface area contributed by atoms with E-state index in [1.807, 2.05) is 6.07 Å². The third-order valence-corrected chi connectivity index (χ3v) is 5.41. The summed E-state index contributed by atoms with van der Waals surface area (Å²) in [6.45, 7) is 0. The van der Waals surface area contributed by atoms with E-state index in [-0.39, 0.29) is 6.10 Å². The van der Waals surface area contributed by atoms with Crippen LogP contribution < -0.4 is 0 Å². The maximum absolute atomic E-state index is 10.5. The molecule has 1 aliphatic carbocycles. The first kappa shape index (κ1) is 12.4.